The minimum Gasteiger partial charge on any atom is -0.454 e. The average molecular weight is 355 g/mol. The maximum absolute atomic E-state index is 12.9. The van der Waals surface area contributed by atoms with Gasteiger partial charge in [0.1, 0.15) is 4.83 Å². The van der Waals surface area contributed by atoms with E-state index in [1.165, 1.54) is 16.9 Å². The number of aryl methyl sites for hydroxylation is 2. The van der Waals surface area contributed by atoms with E-state index in [0.29, 0.717) is 11.7 Å². The summed E-state index contributed by atoms with van der Waals surface area (Å²) in [4.78, 5) is 19.8. The van der Waals surface area contributed by atoms with Gasteiger partial charge >= 0.3 is 0 Å². The molecule has 1 aromatic carbocycles. The Labute approximate surface area is 148 Å². The predicted octanol–water partition coefficient (Wildman–Crippen LogP) is 3.35. The van der Waals surface area contributed by atoms with Gasteiger partial charge in [-0.15, -0.1) is 11.3 Å². The zero-order valence-corrected chi connectivity index (χ0v) is 14.6. The maximum Gasteiger partial charge on any atom is 0.263 e. The topological polar surface area (TPSA) is 65.4 Å². The van der Waals surface area contributed by atoms with Crippen molar-refractivity contribution in [3.05, 3.63) is 39.0 Å². The molecule has 0 saturated carbocycles. The van der Waals surface area contributed by atoms with Crippen molar-refractivity contribution in [2.24, 2.45) is 7.05 Å². The summed E-state index contributed by atoms with van der Waals surface area (Å²) in [7, 11) is 1.76. The lowest BCUT2D eigenvalue weighted by molar-refractivity contribution is 0.174. The summed E-state index contributed by atoms with van der Waals surface area (Å²) in [6, 6.07) is 5.60. The Morgan fingerprint density at radius 3 is 2.96 bits per heavy atom. The molecule has 3 heterocycles. The van der Waals surface area contributed by atoms with E-state index in [1.807, 2.05) is 18.2 Å². The highest BCUT2D eigenvalue weighted by molar-refractivity contribution is 7.18. The summed E-state index contributed by atoms with van der Waals surface area (Å²) in [5.74, 6) is 1.96. The molecule has 0 radical (unpaired) electrons. The second-order valence-corrected chi connectivity index (χ2v) is 7.47. The molecule has 0 saturated heterocycles. The van der Waals surface area contributed by atoms with Crippen LogP contribution in [-0.4, -0.2) is 16.3 Å². The molecule has 1 N–H and O–H groups in total. The molecular weight excluding hydrogens is 338 g/mol. The minimum absolute atomic E-state index is 0.0210. The first-order chi connectivity index (χ1) is 12.2. The molecule has 6 nitrogen and oxygen atoms in total. The van der Waals surface area contributed by atoms with E-state index in [4.69, 9.17) is 14.5 Å². The molecule has 0 unspecified atom stereocenters. The van der Waals surface area contributed by atoms with Gasteiger partial charge in [0.15, 0.2) is 11.5 Å². The van der Waals surface area contributed by atoms with E-state index < -0.39 is 0 Å². The van der Waals surface area contributed by atoms with Gasteiger partial charge in [0, 0.05) is 23.7 Å². The number of hydrogen-bond donors (Lipinski definition) is 1. The number of ether oxygens (including phenoxy) is 2. The van der Waals surface area contributed by atoms with Crippen molar-refractivity contribution >= 4 is 33.2 Å². The summed E-state index contributed by atoms with van der Waals surface area (Å²) in [5.41, 5.74) is 2.05. The predicted molar refractivity (Wildman–Crippen MR) is 97.4 cm³/mol. The largest absolute Gasteiger partial charge is 0.454 e. The first-order valence-corrected chi connectivity index (χ1v) is 9.20. The van der Waals surface area contributed by atoms with Crippen LogP contribution in [0.4, 0.5) is 11.6 Å². The van der Waals surface area contributed by atoms with E-state index in [0.717, 1.165) is 40.9 Å². The van der Waals surface area contributed by atoms with Crippen LogP contribution in [0.15, 0.2) is 23.0 Å². The molecule has 2 aromatic heterocycles. The lowest BCUT2D eigenvalue weighted by Crippen LogP contribution is -2.21. The molecular formula is C18H17N3O3S. The quantitative estimate of drug-likeness (QED) is 0.764. The van der Waals surface area contributed by atoms with Crippen molar-refractivity contribution in [3.63, 3.8) is 0 Å². The fourth-order valence-corrected chi connectivity index (χ4v) is 4.75. The summed E-state index contributed by atoms with van der Waals surface area (Å²) in [6.45, 7) is 0.238. The van der Waals surface area contributed by atoms with Crippen LogP contribution in [0.2, 0.25) is 0 Å². The van der Waals surface area contributed by atoms with Gasteiger partial charge in [0.05, 0.1) is 5.39 Å². The van der Waals surface area contributed by atoms with Crippen molar-refractivity contribution < 1.29 is 9.47 Å². The number of aromatic nitrogens is 2. The normalized spacial score (nSPS) is 15.4. The average Bonchev–Trinajstić information content (AvgIpc) is 3.22. The molecule has 0 amide bonds. The second kappa shape index (κ2) is 5.49. The van der Waals surface area contributed by atoms with Crippen LogP contribution in [0.1, 0.15) is 23.3 Å². The van der Waals surface area contributed by atoms with Crippen LogP contribution in [0.3, 0.4) is 0 Å². The SMILES string of the molecule is Cn1c(Nc2ccc3c(c2)OCO3)nc2sc3c(c2c1=O)CCCC3. The number of nitrogens with zero attached hydrogens (tertiary/aromatic N) is 2. The van der Waals surface area contributed by atoms with Gasteiger partial charge in [0.25, 0.3) is 5.56 Å². The molecule has 0 bridgehead atoms. The Bertz CT molecular complexity index is 1050. The van der Waals surface area contributed by atoms with Gasteiger partial charge < -0.3 is 14.8 Å². The van der Waals surface area contributed by atoms with E-state index in [9.17, 15) is 4.79 Å². The Hall–Kier alpha value is -2.54. The van der Waals surface area contributed by atoms with Gasteiger partial charge in [-0.2, -0.15) is 0 Å². The van der Waals surface area contributed by atoms with E-state index in [2.05, 4.69) is 5.32 Å². The van der Waals surface area contributed by atoms with Crippen molar-refractivity contribution in [3.8, 4) is 11.5 Å². The highest BCUT2D eigenvalue weighted by atomic mass is 32.1. The lowest BCUT2D eigenvalue weighted by Gasteiger charge is -2.12. The fourth-order valence-electron chi connectivity index (χ4n) is 3.50. The Balaban J connectivity index is 1.60. The minimum atomic E-state index is 0.0210. The Morgan fingerprint density at radius 1 is 1.20 bits per heavy atom. The van der Waals surface area contributed by atoms with Crippen molar-refractivity contribution in [2.45, 2.75) is 25.7 Å². The number of thiophene rings is 1. The van der Waals surface area contributed by atoms with Gasteiger partial charge in [-0.3, -0.25) is 9.36 Å². The zero-order valence-electron chi connectivity index (χ0n) is 13.8. The number of rotatable bonds is 2. The van der Waals surface area contributed by atoms with Crippen LogP contribution in [0.5, 0.6) is 11.5 Å². The van der Waals surface area contributed by atoms with Gasteiger partial charge in [-0.25, -0.2) is 4.98 Å². The van der Waals surface area contributed by atoms with Crippen molar-refractivity contribution in [2.75, 3.05) is 12.1 Å². The summed E-state index contributed by atoms with van der Waals surface area (Å²) < 4.78 is 12.3. The molecule has 128 valence electrons. The van der Waals surface area contributed by atoms with Crippen LogP contribution in [0, 0.1) is 0 Å². The molecule has 3 aromatic rings. The van der Waals surface area contributed by atoms with E-state index in [1.54, 1.807) is 23.0 Å². The third kappa shape index (κ3) is 2.30. The van der Waals surface area contributed by atoms with Crippen LogP contribution in [-0.2, 0) is 19.9 Å². The third-order valence-electron chi connectivity index (χ3n) is 4.83. The molecule has 0 atom stereocenters. The van der Waals surface area contributed by atoms with Crippen LogP contribution < -0.4 is 20.3 Å². The molecule has 1 aliphatic carbocycles. The Kier molecular flexibility index (Phi) is 3.24. The van der Waals surface area contributed by atoms with Crippen LogP contribution in [0.25, 0.3) is 10.2 Å². The number of benzene rings is 1. The first kappa shape index (κ1) is 14.8. The monoisotopic (exact) mass is 355 g/mol. The summed E-state index contributed by atoms with van der Waals surface area (Å²) >= 11 is 1.66. The standard InChI is InChI=1S/C18H17N3O3S/c1-21-17(22)15-11-4-2-3-5-14(11)25-16(15)20-18(21)19-10-6-7-12-13(8-10)24-9-23-12/h6-8H,2-5,9H2,1H3,(H,19,20). The molecule has 5 rings (SSSR count). The van der Waals surface area contributed by atoms with Crippen LogP contribution >= 0.6 is 11.3 Å². The van der Waals surface area contributed by atoms with Crippen molar-refractivity contribution in [1.82, 2.24) is 9.55 Å². The number of anilines is 2. The summed E-state index contributed by atoms with van der Waals surface area (Å²) in [5, 5.41) is 4.04. The molecule has 0 spiro atoms. The number of fused-ring (bicyclic) bond motifs is 4. The van der Waals surface area contributed by atoms with Gasteiger partial charge in [0.2, 0.25) is 12.7 Å². The van der Waals surface area contributed by atoms with Gasteiger partial charge in [-0.05, 0) is 43.4 Å². The highest BCUT2D eigenvalue weighted by Crippen LogP contribution is 2.36. The van der Waals surface area contributed by atoms with E-state index >= 15 is 0 Å². The van der Waals surface area contributed by atoms with E-state index in [-0.39, 0.29) is 12.4 Å². The molecule has 2 aliphatic rings. The van der Waals surface area contributed by atoms with Crippen molar-refractivity contribution in [1.29, 1.82) is 0 Å². The smallest absolute Gasteiger partial charge is 0.263 e. The summed E-state index contributed by atoms with van der Waals surface area (Å²) in [6.07, 6.45) is 4.40. The number of hydrogen-bond acceptors (Lipinski definition) is 6. The molecule has 0 fully saturated rings. The third-order valence-corrected chi connectivity index (χ3v) is 6.01. The molecule has 25 heavy (non-hydrogen) atoms. The second-order valence-electron chi connectivity index (χ2n) is 6.38. The Morgan fingerprint density at radius 2 is 2.04 bits per heavy atom. The first-order valence-electron chi connectivity index (χ1n) is 8.38. The lowest BCUT2D eigenvalue weighted by atomic mass is 9.97. The number of nitrogens with one attached hydrogen (secondary N) is 1. The fraction of sp³-hybridized carbons (Fsp3) is 0.333. The highest BCUT2D eigenvalue weighted by Gasteiger charge is 2.21. The maximum atomic E-state index is 12.9. The van der Waals surface area contributed by atoms with Gasteiger partial charge in [-0.1, -0.05) is 0 Å². The zero-order chi connectivity index (χ0) is 17.0. The molecule has 7 heteroatoms. The molecule has 1 aliphatic heterocycles.